The van der Waals surface area contributed by atoms with Gasteiger partial charge in [-0.15, -0.1) is 0 Å². The van der Waals surface area contributed by atoms with Crippen LogP contribution in [0.2, 0.25) is 5.02 Å². The summed E-state index contributed by atoms with van der Waals surface area (Å²) in [7, 11) is 0. The number of anilines is 3. The van der Waals surface area contributed by atoms with Gasteiger partial charge in [0.1, 0.15) is 5.82 Å². The third kappa shape index (κ3) is 3.17. The first kappa shape index (κ1) is 13.9. The van der Waals surface area contributed by atoms with Crippen LogP contribution in [0.25, 0.3) is 0 Å². The standard InChI is InChI=1S/C14H17ClN6/c15-11-1-3-12(4-2-11)20-7-9-21(10-8-20)13-5-6-17-14(18-13)19-16/h1-6H,7-10,16H2,(H,17,18,19). The van der Waals surface area contributed by atoms with Crippen LogP contribution in [0.3, 0.4) is 0 Å². The average Bonchev–Trinajstić information content (AvgIpc) is 2.56. The summed E-state index contributed by atoms with van der Waals surface area (Å²) in [4.78, 5) is 13.0. The number of rotatable bonds is 3. The Morgan fingerprint density at radius 1 is 1.00 bits per heavy atom. The minimum Gasteiger partial charge on any atom is -0.368 e. The maximum Gasteiger partial charge on any atom is 0.239 e. The molecule has 2 heterocycles. The van der Waals surface area contributed by atoms with Gasteiger partial charge in [-0.3, -0.25) is 5.43 Å². The van der Waals surface area contributed by atoms with E-state index in [0.717, 1.165) is 37.0 Å². The summed E-state index contributed by atoms with van der Waals surface area (Å²) in [5.41, 5.74) is 3.67. The number of hydrogen-bond acceptors (Lipinski definition) is 6. The first-order valence-corrected chi connectivity index (χ1v) is 7.19. The minimum atomic E-state index is 0.438. The molecule has 0 spiro atoms. The van der Waals surface area contributed by atoms with Crippen molar-refractivity contribution in [2.75, 3.05) is 41.4 Å². The molecule has 0 amide bonds. The highest BCUT2D eigenvalue weighted by Crippen LogP contribution is 2.21. The van der Waals surface area contributed by atoms with Crippen LogP contribution in [0.1, 0.15) is 0 Å². The molecule has 0 saturated carbocycles. The number of aromatic nitrogens is 2. The van der Waals surface area contributed by atoms with Crippen molar-refractivity contribution >= 4 is 29.1 Å². The van der Waals surface area contributed by atoms with E-state index in [1.165, 1.54) is 5.69 Å². The van der Waals surface area contributed by atoms with Gasteiger partial charge in [-0.05, 0) is 30.3 Å². The molecule has 3 rings (SSSR count). The molecule has 0 aliphatic carbocycles. The summed E-state index contributed by atoms with van der Waals surface area (Å²) in [6.45, 7) is 3.70. The van der Waals surface area contributed by atoms with Crippen LogP contribution in [-0.4, -0.2) is 36.1 Å². The molecule has 0 radical (unpaired) electrons. The van der Waals surface area contributed by atoms with E-state index in [9.17, 15) is 0 Å². The van der Waals surface area contributed by atoms with Crippen molar-refractivity contribution in [3.63, 3.8) is 0 Å². The molecule has 1 saturated heterocycles. The number of nitrogens with zero attached hydrogens (tertiary/aromatic N) is 4. The van der Waals surface area contributed by atoms with Crippen LogP contribution in [-0.2, 0) is 0 Å². The van der Waals surface area contributed by atoms with Crippen molar-refractivity contribution in [3.8, 4) is 0 Å². The van der Waals surface area contributed by atoms with Crippen molar-refractivity contribution < 1.29 is 0 Å². The van der Waals surface area contributed by atoms with Crippen LogP contribution in [0.4, 0.5) is 17.5 Å². The van der Waals surface area contributed by atoms with Crippen molar-refractivity contribution in [1.29, 1.82) is 0 Å². The van der Waals surface area contributed by atoms with Crippen LogP contribution in [0.5, 0.6) is 0 Å². The van der Waals surface area contributed by atoms with Crippen molar-refractivity contribution in [2.24, 2.45) is 5.84 Å². The van der Waals surface area contributed by atoms with E-state index < -0.39 is 0 Å². The lowest BCUT2D eigenvalue weighted by Gasteiger charge is -2.36. The first-order valence-electron chi connectivity index (χ1n) is 6.81. The number of piperazine rings is 1. The number of hydrogen-bond donors (Lipinski definition) is 2. The Balaban J connectivity index is 1.65. The third-order valence-electron chi connectivity index (χ3n) is 3.57. The lowest BCUT2D eigenvalue weighted by atomic mass is 10.2. The van der Waals surface area contributed by atoms with Gasteiger partial charge in [-0.1, -0.05) is 11.6 Å². The van der Waals surface area contributed by atoms with Gasteiger partial charge in [0.15, 0.2) is 0 Å². The molecule has 2 aromatic rings. The molecule has 7 heteroatoms. The topological polar surface area (TPSA) is 70.3 Å². The highest BCUT2D eigenvalue weighted by atomic mass is 35.5. The second kappa shape index (κ2) is 6.15. The van der Waals surface area contributed by atoms with E-state index in [1.54, 1.807) is 6.20 Å². The lowest BCUT2D eigenvalue weighted by molar-refractivity contribution is 0.647. The zero-order valence-electron chi connectivity index (χ0n) is 11.5. The fraction of sp³-hybridized carbons (Fsp3) is 0.286. The zero-order chi connectivity index (χ0) is 14.7. The molecule has 0 atom stereocenters. The van der Waals surface area contributed by atoms with Gasteiger partial charge in [0.05, 0.1) is 0 Å². The van der Waals surface area contributed by atoms with Gasteiger partial charge < -0.3 is 9.80 Å². The molecule has 1 aliphatic heterocycles. The van der Waals surface area contributed by atoms with Crippen molar-refractivity contribution in [3.05, 3.63) is 41.6 Å². The fourth-order valence-electron chi connectivity index (χ4n) is 2.44. The van der Waals surface area contributed by atoms with E-state index in [4.69, 9.17) is 17.4 Å². The molecular weight excluding hydrogens is 288 g/mol. The number of nitrogens with two attached hydrogens (primary N) is 1. The monoisotopic (exact) mass is 304 g/mol. The third-order valence-corrected chi connectivity index (χ3v) is 3.82. The van der Waals surface area contributed by atoms with E-state index in [1.807, 2.05) is 18.2 Å². The summed E-state index contributed by atoms with van der Waals surface area (Å²) in [5.74, 6) is 6.68. The lowest BCUT2D eigenvalue weighted by Crippen LogP contribution is -2.46. The quantitative estimate of drug-likeness (QED) is 0.665. The summed E-state index contributed by atoms with van der Waals surface area (Å²) in [6, 6.07) is 9.86. The molecule has 1 aromatic carbocycles. The Morgan fingerprint density at radius 3 is 2.33 bits per heavy atom. The highest BCUT2D eigenvalue weighted by Gasteiger charge is 2.18. The molecule has 110 valence electrons. The maximum atomic E-state index is 5.93. The predicted molar refractivity (Wildman–Crippen MR) is 85.7 cm³/mol. The van der Waals surface area contributed by atoms with E-state index in [-0.39, 0.29) is 0 Å². The van der Waals surface area contributed by atoms with Gasteiger partial charge in [0.25, 0.3) is 0 Å². The van der Waals surface area contributed by atoms with Crippen molar-refractivity contribution in [1.82, 2.24) is 9.97 Å². The van der Waals surface area contributed by atoms with E-state index >= 15 is 0 Å². The summed E-state index contributed by atoms with van der Waals surface area (Å²) < 4.78 is 0. The molecule has 0 unspecified atom stereocenters. The first-order chi connectivity index (χ1) is 10.3. The van der Waals surface area contributed by atoms with Gasteiger partial charge in [-0.25, -0.2) is 10.8 Å². The normalized spacial score (nSPS) is 15.1. The number of nitrogens with one attached hydrogen (secondary N) is 1. The molecule has 21 heavy (non-hydrogen) atoms. The number of hydrazine groups is 1. The Kier molecular flexibility index (Phi) is 4.08. The zero-order valence-corrected chi connectivity index (χ0v) is 12.3. The van der Waals surface area contributed by atoms with Gasteiger partial charge in [0.2, 0.25) is 5.95 Å². The molecular formula is C14H17ClN6. The molecule has 6 nitrogen and oxygen atoms in total. The number of nitrogen functional groups attached to an aromatic ring is 1. The second-order valence-corrected chi connectivity index (χ2v) is 5.27. The van der Waals surface area contributed by atoms with E-state index in [2.05, 4.69) is 37.3 Å². The van der Waals surface area contributed by atoms with Gasteiger partial charge in [0, 0.05) is 43.1 Å². The average molecular weight is 305 g/mol. The predicted octanol–water partition coefficient (Wildman–Crippen LogP) is 1.74. The highest BCUT2D eigenvalue weighted by molar-refractivity contribution is 6.30. The molecule has 0 bridgehead atoms. The van der Waals surface area contributed by atoms with Crippen LogP contribution in [0, 0.1) is 0 Å². The van der Waals surface area contributed by atoms with Crippen LogP contribution in [0.15, 0.2) is 36.5 Å². The number of halogens is 1. The largest absolute Gasteiger partial charge is 0.368 e. The molecule has 1 aromatic heterocycles. The van der Waals surface area contributed by atoms with Crippen LogP contribution >= 0.6 is 11.6 Å². The summed E-state index contributed by atoms with van der Waals surface area (Å²) in [6.07, 6.45) is 1.71. The Bertz CT molecular complexity index is 595. The summed E-state index contributed by atoms with van der Waals surface area (Å²) in [5, 5.41) is 0.764. The van der Waals surface area contributed by atoms with Gasteiger partial charge in [-0.2, -0.15) is 4.98 Å². The number of benzene rings is 1. The van der Waals surface area contributed by atoms with Crippen LogP contribution < -0.4 is 21.1 Å². The molecule has 1 fully saturated rings. The Morgan fingerprint density at radius 2 is 1.67 bits per heavy atom. The Hall–Kier alpha value is -2.05. The fourth-order valence-corrected chi connectivity index (χ4v) is 2.57. The molecule has 3 N–H and O–H groups in total. The van der Waals surface area contributed by atoms with Gasteiger partial charge >= 0.3 is 0 Å². The minimum absolute atomic E-state index is 0.438. The summed E-state index contributed by atoms with van der Waals surface area (Å²) >= 11 is 5.93. The SMILES string of the molecule is NNc1nccc(N2CCN(c3ccc(Cl)cc3)CC2)n1. The van der Waals surface area contributed by atoms with Crippen molar-refractivity contribution in [2.45, 2.75) is 0 Å². The Labute approximate surface area is 128 Å². The molecule has 1 aliphatic rings. The second-order valence-electron chi connectivity index (χ2n) is 4.83. The smallest absolute Gasteiger partial charge is 0.239 e. The maximum absolute atomic E-state index is 5.93. The van der Waals surface area contributed by atoms with E-state index in [0.29, 0.717) is 5.95 Å².